The van der Waals surface area contributed by atoms with Crippen LogP contribution in [-0.4, -0.2) is 75.9 Å². The molecule has 0 spiro atoms. The first-order valence-electron chi connectivity index (χ1n) is 3.79. The molecule has 0 aliphatic rings. The molecule has 0 aromatic heterocycles. The van der Waals surface area contributed by atoms with E-state index in [-0.39, 0.29) is 13.2 Å². The molecular weight excluding hydrogens is 141 g/mol. The Morgan fingerprint density at radius 3 is 1.80 bits per heavy atom. The van der Waals surface area contributed by atoms with E-state index in [9.17, 15) is 0 Å². The molecule has 0 saturated carbocycles. The molecule has 0 aliphatic carbocycles. The topological polar surface area (TPSA) is 43.7 Å². The van der Waals surface area contributed by atoms with Gasteiger partial charge >= 0.3 is 79.6 Å². The van der Waals surface area contributed by atoms with E-state index in [4.69, 9.17) is 10.2 Å². The summed E-state index contributed by atoms with van der Waals surface area (Å²) in [5.41, 5.74) is 0. The number of rotatable bonds is 6. The van der Waals surface area contributed by atoms with Gasteiger partial charge in [-0.1, -0.05) is 0 Å². The van der Waals surface area contributed by atoms with E-state index in [0.29, 0.717) is 13.1 Å². The summed E-state index contributed by atoms with van der Waals surface area (Å²) in [7, 11) is 0. The van der Waals surface area contributed by atoms with Crippen LogP contribution < -0.4 is 0 Å². The molecule has 0 atom stereocenters. The van der Waals surface area contributed by atoms with E-state index in [2.05, 4.69) is 4.90 Å². The molecule has 4 heteroatoms. The molecule has 0 saturated heterocycles. The molecule has 0 fully saturated rings. The Morgan fingerprint density at radius 2 is 1.50 bits per heavy atom. The van der Waals surface area contributed by atoms with Crippen molar-refractivity contribution >= 4 is 27.9 Å². The monoisotopic (exact) mass is 155 g/mol. The summed E-state index contributed by atoms with van der Waals surface area (Å²) >= 11 is 1.20. The molecule has 0 heterocycles. The number of aliphatic hydroxyl groups is 2. The molecule has 3 nitrogen and oxygen atoms in total. The second-order valence-corrected chi connectivity index (χ2v) is 3.29. The first-order chi connectivity index (χ1) is 4.85. The van der Waals surface area contributed by atoms with Gasteiger partial charge in [-0.15, -0.1) is 0 Å². The van der Waals surface area contributed by atoms with E-state index >= 15 is 0 Å². The van der Waals surface area contributed by atoms with Gasteiger partial charge in [0.15, 0.2) is 0 Å². The molecule has 56 valence electrons. The second-order valence-electron chi connectivity index (χ2n) is 2.29. The number of hydrogen-bond donors (Lipinski definition) is 2. The Bertz CT molecular complexity index is 58.5. The fourth-order valence-corrected chi connectivity index (χ4v) is 1.57. The van der Waals surface area contributed by atoms with Crippen molar-refractivity contribution in [2.45, 2.75) is 3.67 Å². The van der Waals surface area contributed by atoms with Crippen LogP contribution in [0, 0.1) is 0 Å². The summed E-state index contributed by atoms with van der Waals surface area (Å²) in [4.78, 5) is 2.08. The molecule has 0 amide bonds. The molecule has 2 N–H and O–H groups in total. The minimum absolute atomic E-state index is 0.196. The van der Waals surface area contributed by atoms with Crippen LogP contribution in [0.5, 0.6) is 0 Å². The van der Waals surface area contributed by atoms with Gasteiger partial charge in [0.1, 0.15) is 0 Å². The Labute approximate surface area is 79.4 Å². The van der Waals surface area contributed by atoms with E-state index in [1.165, 1.54) is 31.6 Å². The van der Waals surface area contributed by atoms with Gasteiger partial charge in [0.05, 0.1) is 0 Å². The minimum atomic E-state index is 0.196. The van der Waals surface area contributed by atoms with Crippen LogP contribution in [0.2, 0.25) is 3.67 Å². The van der Waals surface area contributed by atoms with Crippen LogP contribution in [0.15, 0.2) is 0 Å². The maximum absolute atomic E-state index is 8.58. The standard InChI is InChI=1S/C6H14NO2.Na/c1-2-7(3-5-8)4-6-9;/h8-9H,1-6H2;. The number of nitrogens with zero attached hydrogens (tertiary/aromatic N) is 1. The Balaban J connectivity index is 3.30. The van der Waals surface area contributed by atoms with Crippen LogP contribution in [-0.2, 0) is 0 Å². The van der Waals surface area contributed by atoms with Crippen LogP contribution in [0.3, 0.4) is 0 Å². The van der Waals surface area contributed by atoms with Crippen molar-refractivity contribution < 1.29 is 10.2 Å². The van der Waals surface area contributed by atoms with E-state index in [1.807, 2.05) is 0 Å². The molecular formula is C6H14NNaO2. The maximum atomic E-state index is 8.58. The zero-order valence-electron chi connectivity index (χ0n) is 6.58. The molecule has 0 aromatic carbocycles. The average Bonchev–Trinajstić information content (AvgIpc) is 1.90. The van der Waals surface area contributed by atoms with Crippen LogP contribution in [0.4, 0.5) is 0 Å². The summed E-state index contributed by atoms with van der Waals surface area (Å²) in [5, 5.41) is 17.2. The summed E-state index contributed by atoms with van der Waals surface area (Å²) in [5.74, 6) is 0. The fraction of sp³-hybridized carbons (Fsp3) is 1.00. The summed E-state index contributed by atoms with van der Waals surface area (Å²) in [6.07, 6.45) is 0. The van der Waals surface area contributed by atoms with Gasteiger partial charge in [0, 0.05) is 0 Å². The summed E-state index contributed by atoms with van der Waals surface area (Å²) in [6, 6.07) is 0. The van der Waals surface area contributed by atoms with Crippen LogP contribution in [0.1, 0.15) is 0 Å². The predicted octanol–water partition coefficient (Wildman–Crippen LogP) is -1.14. The van der Waals surface area contributed by atoms with Crippen LogP contribution >= 0.6 is 0 Å². The third kappa shape index (κ3) is 5.65. The van der Waals surface area contributed by atoms with Crippen molar-refractivity contribution in [1.82, 2.24) is 4.90 Å². The Hall–Kier alpha value is 0.880. The summed E-state index contributed by atoms with van der Waals surface area (Å²) < 4.78 is 1.21. The van der Waals surface area contributed by atoms with Gasteiger partial charge < -0.3 is 0 Å². The normalized spacial score (nSPS) is 10.9. The van der Waals surface area contributed by atoms with Crippen LogP contribution in [0.25, 0.3) is 0 Å². The van der Waals surface area contributed by atoms with Crippen molar-refractivity contribution in [2.24, 2.45) is 0 Å². The molecule has 10 heavy (non-hydrogen) atoms. The zero-order chi connectivity index (χ0) is 7.82. The third-order valence-corrected chi connectivity index (χ3v) is 1.82. The predicted molar refractivity (Wildman–Crippen MR) is 41.2 cm³/mol. The quantitative estimate of drug-likeness (QED) is 0.476. The first-order valence-corrected chi connectivity index (χ1v) is 5.20. The van der Waals surface area contributed by atoms with Crippen molar-refractivity contribution in [3.8, 4) is 0 Å². The third-order valence-electron chi connectivity index (χ3n) is 1.37. The van der Waals surface area contributed by atoms with Gasteiger partial charge in [0.2, 0.25) is 0 Å². The van der Waals surface area contributed by atoms with E-state index in [0.717, 1.165) is 6.54 Å². The average molecular weight is 155 g/mol. The van der Waals surface area contributed by atoms with Crippen molar-refractivity contribution in [2.75, 3.05) is 32.8 Å². The molecule has 0 aromatic rings. The molecule has 0 radical (unpaired) electrons. The van der Waals surface area contributed by atoms with Crippen molar-refractivity contribution in [3.05, 3.63) is 0 Å². The fourth-order valence-electron chi connectivity index (χ4n) is 0.934. The SMILES string of the molecule is OCCN(CCO)C[CH2][Na]. The van der Waals surface area contributed by atoms with Gasteiger partial charge in [-0.05, 0) is 0 Å². The molecule has 0 bridgehead atoms. The first kappa shape index (κ1) is 10.9. The van der Waals surface area contributed by atoms with Gasteiger partial charge in [0.25, 0.3) is 0 Å². The number of aliphatic hydroxyl groups excluding tert-OH is 2. The van der Waals surface area contributed by atoms with E-state index < -0.39 is 0 Å². The summed E-state index contributed by atoms with van der Waals surface area (Å²) in [6.45, 7) is 2.81. The number of hydrogen-bond acceptors (Lipinski definition) is 3. The van der Waals surface area contributed by atoms with Crippen molar-refractivity contribution in [3.63, 3.8) is 0 Å². The van der Waals surface area contributed by atoms with Crippen molar-refractivity contribution in [1.29, 1.82) is 0 Å². The Kier molecular flexibility index (Phi) is 8.68. The van der Waals surface area contributed by atoms with Gasteiger partial charge in [-0.3, -0.25) is 0 Å². The van der Waals surface area contributed by atoms with E-state index in [1.54, 1.807) is 0 Å². The zero-order valence-corrected chi connectivity index (χ0v) is 8.58. The Morgan fingerprint density at radius 1 is 1.00 bits per heavy atom. The second kappa shape index (κ2) is 7.98. The molecule has 0 rings (SSSR count). The molecule has 0 unspecified atom stereocenters. The van der Waals surface area contributed by atoms with Gasteiger partial charge in [-0.25, -0.2) is 0 Å². The van der Waals surface area contributed by atoms with Gasteiger partial charge in [-0.2, -0.15) is 0 Å². The molecule has 0 aliphatic heterocycles.